The van der Waals surface area contributed by atoms with E-state index in [-0.39, 0.29) is 5.91 Å². The van der Waals surface area contributed by atoms with Crippen LogP contribution in [0.3, 0.4) is 0 Å². The molecule has 3 heteroatoms. The van der Waals surface area contributed by atoms with Crippen LogP contribution in [0.25, 0.3) is 6.08 Å². The highest BCUT2D eigenvalue weighted by atomic mass is 35.5. The standard InChI is InChI=1S/C20H20ClNO/c1-15(21)20(23)22(14-16-7-3-2-4-8-16)19-12-11-17-9-5-6-10-18(17)13-19/h2-10,13,15H,11-12,14H2,1H3. The summed E-state index contributed by atoms with van der Waals surface area (Å²) in [5, 5.41) is -0.531. The second-order valence-electron chi connectivity index (χ2n) is 5.86. The fourth-order valence-electron chi connectivity index (χ4n) is 2.93. The molecule has 0 spiro atoms. The molecular formula is C20H20ClNO. The third kappa shape index (κ3) is 3.65. The van der Waals surface area contributed by atoms with E-state index in [4.69, 9.17) is 11.6 Å². The Hall–Kier alpha value is -2.06. The molecule has 118 valence electrons. The van der Waals surface area contributed by atoms with Gasteiger partial charge in [-0.25, -0.2) is 0 Å². The highest BCUT2D eigenvalue weighted by molar-refractivity contribution is 6.30. The van der Waals surface area contributed by atoms with Gasteiger partial charge in [-0.15, -0.1) is 11.6 Å². The van der Waals surface area contributed by atoms with Crippen LogP contribution in [-0.2, 0) is 17.8 Å². The maximum absolute atomic E-state index is 12.6. The van der Waals surface area contributed by atoms with Crippen molar-refractivity contribution in [2.45, 2.75) is 31.7 Å². The van der Waals surface area contributed by atoms with Gasteiger partial charge in [0, 0.05) is 5.70 Å². The summed E-state index contributed by atoms with van der Waals surface area (Å²) in [4.78, 5) is 14.4. The number of benzene rings is 2. The fraction of sp³-hybridized carbons (Fsp3) is 0.250. The molecule has 0 aliphatic heterocycles. The molecule has 1 amide bonds. The molecule has 0 radical (unpaired) electrons. The van der Waals surface area contributed by atoms with Crippen LogP contribution < -0.4 is 0 Å². The molecule has 2 aromatic carbocycles. The number of carbonyl (C=O) groups is 1. The lowest BCUT2D eigenvalue weighted by Gasteiger charge is -2.29. The Balaban J connectivity index is 1.93. The SMILES string of the molecule is CC(Cl)C(=O)N(Cc1ccccc1)C1=Cc2ccccc2CC1. The van der Waals surface area contributed by atoms with E-state index < -0.39 is 5.38 Å². The van der Waals surface area contributed by atoms with Gasteiger partial charge in [-0.2, -0.15) is 0 Å². The molecule has 1 atom stereocenters. The zero-order valence-electron chi connectivity index (χ0n) is 13.2. The third-order valence-electron chi connectivity index (χ3n) is 4.16. The van der Waals surface area contributed by atoms with Crippen molar-refractivity contribution < 1.29 is 4.79 Å². The van der Waals surface area contributed by atoms with E-state index >= 15 is 0 Å². The molecular weight excluding hydrogens is 306 g/mol. The summed E-state index contributed by atoms with van der Waals surface area (Å²) < 4.78 is 0. The summed E-state index contributed by atoms with van der Waals surface area (Å²) in [5.41, 5.74) is 4.69. The smallest absolute Gasteiger partial charge is 0.244 e. The van der Waals surface area contributed by atoms with Crippen LogP contribution in [0.4, 0.5) is 0 Å². The van der Waals surface area contributed by atoms with E-state index in [1.807, 2.05) is 41.3 Å². The zero-order chi connectivity index (χ0) is 16.2. The molecule has 0 heterocycles. The van der Waals surface area contributed by atoms with Crippen LogP contribution in [0.1, 0.15) is 30.0 Å². The predicted octanol–water partition coefficient (Wildman–Crippen LogP) is 4.63. The van der Waals surface area contributed by atoms with Gasteiger partial charge in [0.05, 0.1) is 6.54 Å². The van der Waals surface area contributed by atoms with Crippen LogP contribution in [0, 0.1) is 0 Å². The van der Waals surface area contributed by atoms with E-state index in [0.29, 0.717) is 6.54 Å². The Morgan fingerprint density at radius 3 is 2.52 bits per heavy atom. The van der Waals surface area contributed by atoms with Crippen LogP contribution in [0.2, 0.25) is 0 Å². The number of fused-ring (bicyclic) bond motifs is 1. The minimum atomic E-state index is -0.531. The van der Waals surface area contributed by atoms with Crippen molar-refractivity contribution in [3.8, 4) is 0 Å². The van der Waals surface area contributed by atoms with Gasteiger partial charge in [0.2, 0.25) is 5.91 Å². The summed E-state index contributed by atoms with van der Waals surface area (Å²) in [5.74, 6) is -0.0406. The number of nitrogens with zero attached hydrogens (tertiary/aromatic N) is 1. The van der Waals surface area contributed by atoms with Crippen molar-refractivity contribution in [1.82, 2.24) is 4.90 Å². The number of carbonyl (C=O) groups excluding carboxylic acids is 1. The number of amides is 1. The van der Waals surface area contributed by atoms with E-state index in [0.717, 1.165) is 24.1 Å². The lowest BCUT2D eigenvalue weighted by Crippen LogP contribution is -2.35. The van der Waals surface area contributed by atoms with Crippen LogP contribution in [0.5, 0.6) is 0 Å². The highest BCUT2D eigenvalue weighted by Gasteiger charge is 2.24. The fourth-order valence-corrected chi connectivity index (χ4v) is 3.05. The Morgan fingerprint density at radius 2 is 1.78 bits per heavy atom. The van der Waals surface area contributed by atoms with Gasteiger partial charge < -0.3 is 4.90 Å². The van der Waals surface area contributed by atoms with Crippen molar-refractivity contribution in [2.75, 3.05) is 0 Å². The largest absolute Gasteiger partial charge is 0.310 e. The zero-order valence-corrected chi connectivity index (χ0v) is 14.0. The van der Waals surface area contributed by atoms with Crippen LogP contribution in [0.15, 0.2) is 60.3 Å². The minimum absolute atomic E-state index is 0.0406. The highest BCUT2D eigenvalue weighted by Crippen LogP contribution is 2.28. The van der Waals surface area contributed by atoms with Crippen LogP contribution in [-0.4, -0.2) is 16.2 Å². The molecule has 0 N–H and O–H groups in total. The van der Waals surface area contributed by atoms with Crippen molar-refractivity contribution in [1.29, 1.82) is 0 Å². The Labute approximate surface area is 142 Å². The summed E-state index contributed by atoms with van der Waals surface area (Å²) in [6.45, 7) is 2.30. The molecule has 1 aliphatic carbocycles. The number of halogens is 1. The van der Waals surface area contributed by atoms with Crippen LogP contribution >= 0.6 is 11.6 Å². The number of rotatable bonds is 4. The van der Waals surface area contributed by atoms with Crippen molar-refractivity contribution >= 4 is 23.6 Å². The molecule has 2 aromatic rings. The summed E-state index contributed by atoms with van der Waals surface area (Å²) >= 11 is 6.09. The number of aryl methyl sites for hydroxylation is 1. The molecule has 23 heavy (non-hydrogen) atoms. The van der Waals surface area contributed by atoms with Gasteiger partial charge in [-0.05, 0) is 42.5 Å². The molecule has 1 aliphatic rings. The second-order valence-corrected chi connectivity index (χ2v) is 6.52. The van der Waals surface area contributed by atoms with Crippen molar-refractivity contribution in [3.63, 3.8) is 0 Å². The van der Waals surface area contributed by atoms with Gasteiger partial charge in [-0.1, -0.05) is 54.6 Å². The van der Waals surface area contributed by atoms with E-state index in [2.05, 4.69) is 24.3 Å². The normalized spacial score (nSPS) is 14.6. The lowest BCUT2D eigenvalue weighted by molar-refractivity contribution is -0.129. The maximum Gasteiger partial charge on any atom is 0.244 e. The average Bonchev–Trinajstić information content (AvgIpc) is 2.59. The molecule has 2 nitrogen and oxygen atoms in total. The average molecular weight is 326 g/mol. The molecule has 0 saturated heterocycles. The Morgan fingerprint density at radius 1 is 1.09 bits per heavy atom. The quantitative estimate of drug-likeness (QED) is 0.750. The number of allylic oxidation sites excluding steroid dienone is 1. The van der Waals surface area contributed by atoms with E-state index in [9.17, 15) is 4.79 Å². The van der Waals surface area contributed by atoms with Gasteiger partial charge in [0.15, 0.2) is 0 Å². The topological polar surface area (TPSA) is 20.3 Å². The minimum Gasteiger partial charge on any atom is -0.310 e. The second kappa shape index (κ2) is 7.01. The maximum atomic E-state index is 12.6. The summed E-state index contributed by atoms with van der Waals surface area (Å²) in [7, 11) is 0. The van der Waals surface area contributed by atoms with E-state index in [1.54, 1.807) is 6.92 Å². The van der Waals surface area contributed by atoms with Crippen molar-refractivity contribution in [2.24, 2.45) is 0 Å². The monoisotopic (exact) mass is 325 g/mol. The summed E-state index contributed by atoms with van der Waals surface area (Å²) in [6, 6.07) is 18.4. The Kier molecular flexibility index (Phi) is 4.82. The number of hydrogen-bond acceptors (Lipinski definition) is 1. The van der Waals surface area contributed by atoms with Crippen molar-refractivity contribution in [3.05, 3.63) is 77.0 Å². The molecule has 0 bridgehead atoms. The van der Waals surface area contributed by atoms with Gasteiger partial charge in [-0.3, -0.25) is 4.79 Å². The molecule has 3 rings (SSSR count). The predicted molar refractivity (Wildman–Crippen MR) is 95.0 cm³/mol. The molecule has 0 saturated carbocycles. The first-order valence-corrected chi connectivity index (χ1v) is 8.36. The first-order valence-electron chi connectivity index (χ1n) is 7.93. The lowest BCUT2D eigenvalue weighted by atomic mass is 9.94. The van der Waals surface area contributed by atoms with Gasteiger partial charge >= 0.3 is 0 Å². The number of hydrogen-bond donors (Lipinski definition) is 0. The van der Waals surface area contributed by atoms with Gasteiger partial charge in [0.25, 0.3) is 0 Å². The molecule has 0 aromatic heterocycles. The first kappa shape index (κ1) is 15.8. The third-order valence-corrected chi connectivity index (χ3v) is 4.35. The first-order chi connectivity index (χ1) is 11.1. The Bertz CT molecular complexity index is 721. The molecule has 1 unspecified atom stereocenters. The summed E-state index contributed by atoms with van der Waals surface area (Å²) in [6.07, 6.45) is 3.94. The van der Waals surface area contributed by atoms with Gasteiger partial charge in [0.1, 0.15) is 5.38 Å². The molecule has 0 fully saturated rings. The van der Waals surface area contributed by atoms with E-state index in [1.165, 1.54) is 11.1 Å². The number of alkyl halides is 1.